The van der Waals surface area contributed by atoms with E-state index in [1.54, 1.807) is 6.92 Å². The molecule has 1 aromatic rings. The Bertz CT molecular complexity index is 439. The van der Waals surface area contributed by atoms with Crippen molar-refractivity contribution in [2.45, 2.75) is 33.6 Å². The number of carbonyl (C=O) groups excluding carboxylic acids is 1. The monoisotopic (exact) mass is 261 g/mol. The van der Waals surface area contributed by atoms with Crippen molar-refractivity contribution in [3.8, 4) is 5.75 Å². The Morgan fingerprint density at radius 2 is 1.79 bits per heavy atom. The van der Waals surface area contributed by atoms with Crippen LogP contribution in [0.3, 0.4) is 0 Å². The van der Waals surface area contributed by atoms with Crippen molar-refractivity contribution in [3.63, 3.8) is 0 Å². The molecule has 1 heterocycles. The van der Waals surface area contributed by atoms with Gasteiger partial charge in [-0.2, -0.15) is 0 Å². The van der Waals surface area contributed by atoms with Crippen LogP contribution < -0.4 is 4.74 Å². The van der Waals surface area contributed by atoms with Crippen LogP contribution in [-0.2, 0) is 0 Å². The summed E-state index contributed by atoms with van der Waals surface area (Å²) < 4.78 is 5.91. The molecule has 0 N–H and O–H groups in total. The molecule has 0 atom stereocenters. The number of ketones is 1. The first-order chi connectivity index (χ1) is 9.08. The standard InChI is InChI=1S/C16H23NO2/c1-12-10-15(14(3)18)11-13(2)16(12)19-9-8-17-6-4-5-7-17/h10-11H,4-9H2,1-3H3. The molecule has 3 heteroatoms. The van der Waals surface area contributed by atoms with Crippen LogP contribution in [0.25, 0.3) is 0 Å². The van der Waals surface area contributed by atoms with Crippen molar-refractivity contribution in [2.24, 2.45) is 0 Å². The zero-order valence-corrected chi connectivity index (χ0v) is 12.2. The summed E-state index contributed by atoms with van der Waals surface area (Å²) in [6, 6.07) is 3.83. The fourth-order valence-electron chi connectivity index (χ4n) is 2.66. The highest BCUT2D eigenvalue weighted by molar-refractivity contribution is 5.94. The Morgan fingerprint density at radius 3 is 2.32 bits per heavy atom. The molecule has 1 saturated heterocycles. The molecule has 0 unspecified atom stereocenters. The molecule has 19 heavy (non-hydrogen) atoms. The van der Waals surface area contributed by atoms with E-state index in [1.807, 2.05) is 26.0 Å². The van der Waals surface area contributed by atoms with Crippen molar-refractivity contribution < 1.29 is 9.53 Å². The van der Waals surface area contributed by atoms with Gasteiger partial charge in [-0.1, -0.05) is 0 Å². The van der Waals surface area contributed by atoms with Gasteiger partial charge >= 0.3 is 0 Å². The predicted molar refractivity (Wildman–Crippen MR) is 77.1 cm³/mol. The number of likely N-dealkylation sites (tertiary alicyclic amines) is 1. The van der Waals surface area contributed by atoms with Crippen LogP contribution in [-0.4, -0.2) is 36.9 Å². The quantitative estimate of drug-likeness (QED) is 0.763. The third-order valence-corrected chi connectivity index (χ3v) is 3.72. The largest absolute Gasteiger partial charge is 0.492 e. The van der Waals surface area contributed by atoms with E-state index in [-0.39, 0.29) is 5.78 Å². The summed E-state index contributed by atoms with van der Waals surface area (Å²) >= 11 is 0. The molecule has 0 saturated carbocycles. The SMILES string of the molecule is CC(=O)c1cc(C)c(OCCN2CCCC2)c(C)c1. The molecule has 1 fully saturated rings. The van der Waals surface area contributed by atoms with Crippen molar-refractivity contribution in [1.82, 2.24) is 4.90 Å². The Labute approximate surface area is 115 Å². The zero-order chi connectivity index (χ0) is 13.8. The Hall–Kier alpha value is -1.35. The van der Waals surface area contributed by atoms with Crippen LogP contribution in [0.4, 0.5) is 0 Å². The van der Waals surface area contributed by atoms with Gasteiger partial charge in [-0.15, -0.1) is 0 Å². The van der Waals surface area contributed by atoms with E-state index in [1.165, 1.54) is 25.9 Å². The maximum absolute atomic E-state index is 11.4. The van der Waals surface area contributed by atoms with Crippen molar-refractivity contribution in [1.29, 1.82) is 0 Å². The van der Waals surface area contributed by atoms with Gasteiger partial charge in [-0.25, -0.2) is 0 Å². The lowest BCUT2D eigenvalue weighted by atomic mass is 10.0. The van der Waals surface area contributed by atoms with Gasteiger partial charge in [0.05, 0.1) is 0 Å². The van der Waals surface area contributed by atoms with Crippen LogP contribution in [0.15, 0.2) is 12.1 Å². The summed E-state index contributed by atoms with van der Waals surface area (Å²) in [6.07, 6.45) is 2.62. The predicted octanol–water partition coefficient (Wildman–Crippen LogP) is 2.98. The minimum Gasteiger partial charge on any atom is -0.492 e. The first-order valence-corrected chi connectivity index (χ1v) is 7.05. The molecule has 2 rings (SSSR count). The minimum absolute atomic E-state index is 0.106. The molecule has 1 aliphatic rings. The summed E-state index contributed by atoms with van der Waals surface area (Å²) in [5.74, 6) is 1.04. The van der Waals surface area contributed by atoms with Crippen molar-refractivity contribution in [2.75, 3.05) is 26.2 Å². The first-order valence-electron chi connectivity index (χ1n) is 7.05. The fraction of sp³-hybridized carbons (Fsp3) is 0.562. The molecule has 0 aromatic heterocycles. The van der Waals surface area contributed by atoms with E-state index in [2.05, 4.69) is 4.90 Å². The van der Waals surface area contributed by atoms with E-state index < -0.39 is 0 Å². The number of rotatable bonds is 5. The smallest absolute Gasteiger partial charge is 0.159 e. The third kappa shape index (κ3) is 3.57. The highest BCUT2D eigenvalue weighted by Crippen LogP contribution is 2.25. The Morgan fingerprint density at radius 1 is 1.21 bits per heavy atom. The normalized spacial score (nSPS) is 15.7. The lowest BCUT2D eigenvalue weighted by Crippen LogP contribution is -2.25. The van der Waals surface area contributed by atoms with E-state index in [0.717, 1.165) is 35.6 Å². The average molecular weight is 261 g/mol. The lowest BCUT2D eigenvalue weighted by Gasteiger charge is -2.17. The van der Waals surface area contributed by atoms with Gasteiger partial charge in [-0.05, 0) is 70.0 Å². The number of carbonyl (C=O) groups is 1. The van der Waals surface area contributed by atoms with Gasteiger partial charge in [-0.3, -0.25) is 9.69 Å². The first kappa shape index (κ1) is 14.1. The summed E-state index contributed by atoms with van der Waals surface area (Å²) in [6.45, 7) is 9.72. The second kappa shape index (κ2) is 6.20. The van der Waals surface area contributed by atoms with E-state index >= 15 is 0 Å². The molecule has 3 nitrogen and oxygen atoms in total. The second-order valence-electron chi connectivity index (χ2n) is 5.39. The average Bonchev–Trinajstić information content (AvgIpc) is 2.85. The van der Waals surface area contributed by atoms with Gasteiger partial charge in [0.2, 0.25) is 0 Å². The summed E-state index contributed by atoms with van der Waals surface area (Å²) in [5.41, 5.74) is 2.86. The van der Waals surface area contributed by atoms with E-state index in [0.29, 0.717) is 0 Å². The zero-order valence-electron chi connectivity index (χ0n) is 12.2. The minimum atomic E-state index is 0.106. The molecular formula is C16H23NO2. The lowest BCUT2D eigenvalue weighted by molar-refractivity contribution is 0.101. The number of hydrogen-bond acceptors (Lipinski definition) is 3. The molecule has 0 radical (unpaired) electrons. The number of aryl methyl sites for hydroxylation is 2. The van der Waals surface area contributed by atoms with Crippen LogP contribution in [0.1, 0.15) is 41.3 Å². The number of nitrogens with zero attached hydrogens (tertiary/aromatic N) is 1. The highest BCUT2D eigenvalue weighted by Gasteiger charge is 2.12. The summed E-state index contributed by atoms with van der Waals surface area (Å²) in [4.78, 5) is 13.8. The molecule has 1 aliphatic heterocycles. The van der Waals surface area contributed by atoms with Crippen LogP contribution in [0.5, 0.6) is 5.75 Å². The number of Topliss-reactive ketones (excluding diaryl/α,β-unsaturated/α-hetero) is 1. The summed E-state index contributed by atoms with van der Waals surface area (Å²) in [5, 5.41) is 0. The topological polar surface area (TPSA) is 29.5 Å². The van der Waals surface area contributed by atoms with Crippen molar-refractivity contribution in [3.05, 3.63) is 28.8 Å². The Kier molecular flexibility index (Phi) is 4.59. The number of hydrogen-bond donors (Lipinski definition) is 0. The fourth-order valence-corrected chi connectivity index (χ4v) is 2.66. The van der Waals surface area contributed by atoms with Gasteiger partial charge in [0, 0.05) is 12.1 Å². The molecular weight excluding hydrogens is 238 g/mol. The third-order valence-electron chi connectivity index (χ3n) is 3.72. The van der Waals surface area contributed by atoms with Gasteiger partial charge in [0.25, 0.3) is 0 Å². The van der Waals surface area contributed by atoms with E-state index in [9.17, 15) is 4.79 Å². The van der Waals surface area contributed by atoms with Gasteiger partial charge < -0.3 is 4.74 Å². The number of ether oxygens (including phenoxy) is 1. The molecule has 1 aromatic carbocycles. The highest BCUT2D eigenvalue weighted by atomic mass is 16.5. The number of benzene rings is 1. The van der Waals surface area contributed by atoms with E-state index in [4.69, 9.17) is 4.74 Å². The Balaban J connectivity index is 1.97. The second-order valence-corrected chi connectivity index (χ2v) is 5.39. The van der Waals surface area contributed by atoms with Crippen molar-refractivity contribution >= 4 is 5.78 Å². The molecule has 0 spiro atoms. The van der Waals surface area contributed by atoms with Gasteiger partial charge in [0.1, 0.15) is 12.4 Å². The molecule has 0 aliphatic carbocycles. The van der Waals surface area contributed by atoms with Gasteiger partial charge in [0.15, 0.2) is 5.78 Å². The molecule has 104 valence electrons. The van der Waals surface area contributed by atoms with Crippen LogP contribution in [0, 0.1) is 13.8 Å². The van der Waals surface area contributed by atoms with Crippen LogP contribution in [0.2, 0.25) is 0 Å². The maximum Gasteiger partial charge on any atom is 0.159 e. The maximum atomic E-state index is 11.4. The van der Waals surface area contributed by atoms with Crippen LogP contribution >= 0.6 is 0 Å². The summed E-state index contributed by atoms with van der Waals surface area (Å²) in [7, 11) is 0. The molecule has 0 bridgehead atoms. The molecule has 0 amide bonds.